The van der Waals surface area contributed by atoms with Crippen molar-refractivity contribution in [3.05, 3.63) is 65.7 Å². The second-order valence-electron chi connectivity index (χ2n) is 9.14. The smallest absolute Gasteiger partial charge is 0.325 e. The van der Waals surface area contributed by atoms with Crippen LogP contribution in [0, 0.1) is 0 Å². The summed E-state index contributed by atoms with van der Waals surface area (Å²) in [7, 11) is 0. The van der Waals surface area contributed by atoms with Crippen LogP contribution in [0.15, 0.2) is 54.6 Å². The number of carboxylic acids is 1. The molecule has 0 bridgehead atoms. The van der Waals surface area contributed by atoms with Crippen LogP contribution in [0.25, 0.3) is 0 Å². The summed E-state index contributed by atoms with van der Waals surface area (Å²) in [4.78, 5) is 50.5. The number of nitrogens with two attached hydrogens (primary N) is 2. The maximum absolute atomic E-state index is 13.4. The van der Waals surface area contributed by atoms with E-state index >= 15 is 0 Å². The number of carbonyl (C=O) groups excluding carboxylic acids is 3. The molecule has 4 unspecified atom stereocenters. The van der Waals surface area contributed by atoms with Crippen LogP contribution in [-0.4, -0.2) is 64.6 Å². The Hall–Kier alpha value is -3.96. The third-order valence-corrected chi connectivity index (χ3v) is 5.96. The molecule has 9 N–H and O–H groups in total. The first-order valence-electron chi connectivity index (χ1n) is 12.5. The second-order valence-corrected chi connectivity index (χ2v) is 9.14. The Bertz CT molecular complexity index is 1060. The quantitative estimate of drug-likeness (QED) is 0.159. The van der Waals surface area contributed by atoms with Gasteiger partial charge in [-0.1, -0.05) is 48.9 Å². The standard InChI is InChI=1S/C27H37N5O6/c1-17(27(37)38)30-25(35)22(16-19-10-12-20(33)13-11-19)32-26(36)23(15-18-7-3-2-4-8-18)31-24(34)21(29)9-5-6-14-28/h2-4,7-8,10-13,17,21-23,33H,5-6,9,14-16,28-29H2,1H3,(H,30,35)(H,31,34)(H,32,36)(H,37,38). The summed E-state index contributed by atoms with van der Waals surface area (Å²) in [6.07, 6.45) is 1.96. The first-order valence-corrected chi connectivity index (χ1v) is 12.5. The molecule has 0 heterocycles. The number of nitrogens with one attached hydrogen (secondary N) is 3. The average molecular weight is 528 g/mol. The first kappa shape index (κ1) is 30.3. The number of hydrogen-bond donors (Lipinski definition) is 7. The molecule has 206 valence electrons. The van der Waals surface area contributed by atoms with Crippen LogP contribution in [0.5, 0.6) is 5.75 Å². The molecule has 0 aliphatic rings. The van der Waals surface area contributed by atoms with Crippen LogP contribution in [0.1, 0.15) is 37.3 Å². The minimum Gasteiger partial charge on any atom is -0.508 e. The van der Waals surface area contributed by atoms with Gasteiger partial charge in [0.15, 0.2) is 0 Å². The lowest BCUT2D eigenvalue weighted by molar-refractivity contribution is -0.141. The maximum atomic E-state index is 13.4. The minimum atomic E-state index is -1.23. The number of aromatic hydroxyl groups is 1. The predicted octanol–water partition coefficient (Wildman–Crippen LogP) is 0.193. The summed E-state index contributed by atoms with van der Waals surface area (Å²) in [6, 6.07) is 10.9. The van der Waals surface area contributed by atoms with Gasteiger partial charge in [0.05, 0.1) is 6.04 Å². The van der Waals surface area contributed by atoms with Gasteiger partial charge < -0.3 is 37.6 Å². The van der Waals surface area contributed by atoms with Gasteiger partial charge in [0.25, 0.3) is 0 Å². The van der Waals surface area contributed by atoms with Crippen molar-refractivity contribution in [1.29, 1.82) is 0 Å². The Morgan fingerprint density at radius 3 is 1.87 bits per heavy atom. The molecular weight excluding hydrogens is 490 g/mol. The average Bonchev–Trinajstić information content (AvgIpc) is 2.89. The highest BCUT2D eigenvalue weighted by Crippen LogP contribution is 2.12. The Balaban J connectivity index is 2.24. The van der Waals surface area contributed by atoms with Gasteiger partial charge in [0, 0.05) is 12.8 Å². The fourth-order valence-corrected chi connectivity index (χ4v) is 3.70. The van der Waals surface area contributed by atoms with Crippen LogP contribution < -0.4 is 27.4 Å². The Kier molecular flexibility index (Phi) is 12.2. The van der Waals surface area contributed by atoms with E-state index in [0.29, 0.717) is 24.9 Å². The molecule has 2 rings (SSSR count). The van der Waals surface area contributed by atoms with Gasteiger partial charge in [-0.3, -0.25) is 19.2 Å². The van der Waals surface area contributed by atoms with Gasteiger partial charge in [-0.25, -0.2) is 0 Å². The fraction of sp³-hybridized carbons (Fsp3) is 0.407. The first-order chi connectivity index (χ1) is 18.1. The second kappa shape index (κ2) is 15.3. The van der Waals surface area contributed by atoms with Crippen molar-refractivity contribution in [2.24, 2.45) is 11.5 Å². The number of unbranched alkanes of at least 4 members (excludes halogenated alkanes) is 1. The number of phenols is 1. The van der Waals surface area contributed by atoms with Crippen LogP contribution in [0.2, 0.25) is 0 Å². The number of amides is 3. The van der Waals surface area contributed by atoms with Crippen molar-refractivity contribution in [2.45, 2.75) is 63.2 Å². The van der Waals surface area contributed by atoms with E-state index in [1.807, 2.05) is 18.2 Å². The van der Waals surface area contributed by atoms with Crippen molar-refractivity contribution in [3.8, 4) is 5.75 Å². The van der Waals surface area contributed by atoms with E-state index < -0.39 is 47.9 Å². The van der Waals surface area contributed by atoms with Crippen LogP contribution in [0.3, 0.4) is 0 Å². The number of carboxylic acid groups (broad SMARTS) is 1. The third kappa shape index (κ3) is 10.2. The molecular formula is C27H37N5O6. The minimum absolute atomic E-state index is 0.0226. The van der Waals surface area contributed by atoms with E-state index in [-0.39, 0.29) is 18.6 Å². The SMILES string of the molecule is CC(NC(=O)C(Cc1ccc(O)cc1)NC(=O)C(Cc1ccccc1)NC(=O)C(N)CCCCN)C(=O)O. The number of rotatable bonds is 15. The Morgan fingerprint density at radius 1 is 0.789 bits per heavy atom. The molecule has 3 amide bonds. The lowest BCUT2D eigenvalue weighted by Gasteiger charge is -2.25. The topological polar surface area (TPSA) is 197 Å². The Morgan fingerprint density at radius 2 is 1.32 bits per heavy atom. The third-order valence-electron chi connectivity index (χ3n) is 5.96. The van der Waals surface area contributed by atoms with Crippen molar-refractivity contribution in [1.82, 2.24) is 16.0 Å². The maximum Gasteiger partial charge on any atom is 0.325 e. The van der Waals surface area contributed by atoms with Gasteiger partial charge in [-0.2, -0.15) is 0 Å². The van der Waals surface area contributed by atoms with Gasteiger partial charge in [-0.05, 0) is 49.6 Å². The van der Waals surface area contributed by atoms with Crippen molar-refractivity contribution in [3.63, 3.8) is 0 Å². The molecule has 11 heteroatoms. The summed E-state index contributed by atoms with van der Waals surface area (Å²) < 4.78 is 0. The molecule has 0 spiro atoms. The van der Waals surface area contributed by atoms with E-state index in [1.54, 1.807) is 24.3 Å². The molecule has 2 aromatic rings. The van der Waals surface area contributed by atoms with Gasteiger partial charge in [0.2, 0.25) is 17.7 Å². The molecule has 2 aromatic carbocycles. The highest BCUT2D eigenvalue weighted by Gasteiger charge is 2.29. The lowest BCUT2D eigenvalue weighted by atomic mass is 10.0. The normalized spacial score (nSPS) is 14.0. The van der Waals surface area contributed by atoms with E-state index in [1.165, 1.54) is 19.1 Å². The van der Waals surface area contributed by atoms with Crippen LogP contribution in [-0.2, 0) is 32.0 Å². The largest absolute Gasteiger partial charge is 0.508 e. The summed E-state index contributed by atoms with van der Waals surface area (Å²) in [5.74, 6) is -3.03. The van der Waals surface area contributed by atoms with E-state index in [9.17, 15) is 29.4 Å². The van der Waals surface area contributed by atoms with Crippen LogP contribution in [0.4, 0.5) is 0 Å². The van der Waals surface area contributed by atoms with Gasteiger partial charge in [0.1, 0.15) is 23.9 Å². The zero-order valence-corrected chi connectivity index (χ0v) is 21.4. The summed E-state index contributed by atoms with van der Waals surface area (Å²) in [6.45, 7) is 1.79. The van der Waals surface area contributed by atoms with Crippen molar-refractivity contribution in [2.75, 3.05) is 6.54 Å². The summed E-state index contributed by atoms with van der Waals surface area (Å²) in [5.41, 5.74) is 12.9. The van der Waals surface area contributed by atoms with Crippen molar-refractivity contribution >= 4 is 23.7 Å². The summed E-state index contributed by atoms with van der Waals surface area (Å²) >= 11 is 0. The van der Waals surface area contributed by atoms with Gasteiger partial charge in [-0.15, -0.1) is 0 Å². The van der Waals surface area contributed by atoms with Gasteiger partial charge >= 0.3 is 5.97 Å². The predicted molar refractivity (Wildman–Crippen MR) is 142 cm³/mol. The number of aliphatic carboxylic acids is 1. The number of benzene rings is 2. The monoisotopic (exact) mass is 527 g/mol. The molecule has 38 heavy (non-hydrogen) atoms. The van der Waals surface area contributed by atoms with Crippen molar-refractivity contribution < 1.29 is 29.4 Å². The number of phenolic OH excluding ortho intramolecular Hbond substituents is 1. The van der Waals surface area contributed by atoms with E-state index in [2.05, 4.69) is 16.0 Å². The van der Waals surface area contributed by atoms with Crippen LogP contribution >= 0.6 is 0 Å². The lowest BCUT2D eigenvalue weighted by Crippen LogP contribution is -2.57. The molecule has 0 radical (unpaired) electrons. The molecule has 0 saturated heterocycles. The summed E-state index contributed by atoms with van der Waals surface area (Å²) in [5, 5.41) is 26.5. The molecule has 11 nitrogen and oxygen atoms in total. The molecule has 4 atom stereocenters. The highest BCUT2D eigenvalue weighted by molar-refractivity contribution is 5.94. The van der Waals surface area contributed by atoms with E-state index in [4.69, 9.17) is 11.5 Å². The molecule has 0 aliphatic carbocycles. The Labute approximate surface area is 222 Å². The fourth-order valence-electron chi connectivity index (χ4n) is 3.70. The molecule has 0 aliphatic heterocycles. The highest BCUT2D eigenvalue weighted by atomic mass is 16.4. The molecule has 0 aromatic heterocycles. The number of hydrogen-bond acceptors (Lipinski definition) is 7. The number of carbonyl (C=O) groups is 4. The zero-order chi connectivity index (χ0) is 28.1. The van der Waals surface area contributed by atoms with E-state index in [0.717, 1.165) is 12.0 Å². The molecule has 0 saturated carbocycles. The molecule has 0 fully saturated rings. The zero-order valence-electron chi connectivity index (χ0n) is 21.4.